The Kier molecular flexibility index (Phi) is 3.93. The molecule has 0 aromatic carbocycles. The van der Waals surface area contributed by atoms with Gasteiger partial charge in [-0.1, -0.05) is 0 Å². The van der Waals surface area contributed by atoms with Gasteiger partial charge in [0.05, 0.1) is 0 Å². The molecule has 2 heterocycles. The van der Waals surface area contributed by atoms with Gasteiger partial charge in [0.25, 0.3) is 0 Å². The predicted molar refractivity (Wildman–Crippen MR) is 65.9 cm³/mol. The van der Waals surface area contributed by atoms with Gasteiger partial charge < -0.3 is 20.1 Å². The Hall–Kier alpha value is -1.17. The van der Waals surface area contributed by atoms with Crippen LogP contribution in [0.5, 0.6) is 0 Å². The molecule has 0 bridgehead atoms. The first-order valence-corrected chi connectivity index (χ1v) is 5.74. The molecule has 2 unspecified atom stereocenters. The summed E-state index contributed by atoms with van der Waals surface area (Å²) in [6.45, 7) is 2.14. The Labute approximate surface area is 102 Å². The fourth-order valence-corrected chi connectivity index (χ4v) is 2.14. The van der Waals surface area contributed by atoms with E-state index in [1.807, 2.05) is 12.1 Å². The highest BCUT2D eigenvalue weighted by molar-refractivity contribution is 5.43. The van der Waals surface area contributed by atoms with Gasteiger partial charge in [0.2, 0.25) is 0 Å². The van der Waals surface area contributed by atoms with E-state index in [2.05, 4.69) is 9.88 Å². The second kappa shape index (κ2) is 5.44. The second-order valence-electron chi connectivity index (χ2n) is 4.18. The zero-order valence-corrected chi connectivity index (χ0v) is 10.3. The van der Waals surface area contributed by atoms with Crippen molar-refractivity contribution < 1.29 is 9.47 Å². The fraction of sp³-hybridized carbons (Fsp3) is 0.583. The number of nitrogens with two attached hydrogens (primary N) is 1. The fourth-order valence-electron chi connectivity index (χ4n) is 2.14. The van der Waals surface area contributed by atoms with Crippen molar-refractivity contribution in [2.45, 2.75) is 18.8 Å². The maximum Gasteiger partial charge on any atom is 0.128 e. The van der Waals surface area contributed by atoms with Crippen molar-refractivity contribution in [3.05, 3.63) is 23.9 Å². The molecule has 1 aromatic heterocycles. The van der Waals surface area contributed by atoms with Crippen LogP contribution in [0.2, 0.25) is 0 Å². The minimum atomic E-state index is 0.100. The van der Waals surface area contributed by atoms with Gasteiger partial charge in [-0.3, -0.25) is 0 Å². The van der Waals surface area contributed by atoms with Gasteiger partial charge in [-0.15, -0.1) is 0 Å². The average Bonchev–Trinajstić information content (AvgIpc) is 2.82. The summed E-state index contributed by atoms with van der Waals surface area (Å²) in [5, 5.41) is 0. The standard InChI is InChI=1S/C12H19N3O2/c1-16-10-7-15(8-11(10)17-2)12-5-9(6-13)3-4-14-12/h3-5,10-11H,6-8,13H2,1-2H3. The van der Waals surface area contributed by atoms with Crippen molar-refractivity contribution in [1.82, 2.24) is 4.98 Å². The van der Waals surface area contributed by atoms with E-state index in [-0.39, 0.29) is 12.2 Å². The van der Waals surface area contributed by atoms with Gasteiger partial charge >= 0.3 is 0 Å². The zero-order valence-electron chi connectivity index (χ0n) is 10.3. The molecule has 0 radical (unpaired) electrons. The van der Waals surface area contributed by atoms with E-state index in [1.54, 1.807) is 20.4 Å². The summed E-state index contributed by atoms with van der Waals surface area (Å²) in [5.41, 5.74) is 6.72. The number of pyridine rings is 1. The van der Waals surface area contributed by atoms with Gasteiger partial charge in [-0.2, -0.15) is 0 Å². The summed E-state index contributed by atoms with van der Waals surface area (Å²) >= 11 is 0. The summed E-state index contributed by atoms with van der Waals surface area (Å²) in [5.74, 6) is 0.939. The highest BCUT2D eigenvalue weighted by Gasteiger charge is 2.33. The van der Waals surface area contributed by atoms with Crippen LogP contribution in [-0.4, -0.2) is 44.5 Å². The number of rotatable bonds is 4. The second-order valence-corrected chi connectivity index (χ2v) is 4.18. The summed E-state index contributed by atoms with van der Waals surface area (Å²) in [6.07, 6.45) is 1.99. The van der Waals surface area contributed by atoms with Crippen molar-refractivity contribution in [3.8, 4) is 0 Å². The Morgan fingerprint density at radius 2 is 2.00 bits per heavy atom. The van der Waals surface area contributed by atoms with E-state index in [4.69, 9.17) is 15.2 Å². The highest BCUT2D eigenvalue weighted by atomic mass is 16.5. The number of hydrogen-bond acceptors (Lipinski definition) is 5. The third-order valence-corrected chi connectivity index (χ3v) is 3.19. The van der Waals surface area contributed by atoms with E-state index in [0.29, 0.717) is 6.54 Å². The van der Waals surface area contributed by atoms with Crippen LogP contribution in [0.15, 0.2) is 18.3 Å². The maximum atomic E-state index is 5.63. The number of hydrogen-bond donors (Lipinski definition) is 1. The predicted octanol–water partition coefficient (Wildman–Crippen LogP) is 0.390. The van der Waals surface area contributed by atoms with Gasteiger partial charge in [-0.05, 0) is 17.7 Å². The number of aromatic nitrogens is 1. The van der Waals surface area contributed by atoms with E-state index in [1.165, 1.54) is 0 Å². The van der Waals surface area contributed by atoms with Gasteiger partial charge in [0, 0.05) is 40.1 Å². The lowest BCUT2D eigenvalue weighted by Gasteiger charge is -2.17. The minimum absolute atomic E-state index is 0.100. The SMILES string of the molecule is COC1CN(c2cc(CN)ccn2)CC1OC. The van der Waals surface area contributed by atoms with Gasteiger partial charge in [0.15, 0.2) is 0 Å². The summed E-state index contributed by atoms with van der Waals surface area (Å²) in [7, 11) is 3.42. The molecule has 1 aliphatic heterocycles. The highest BCUT2D eigenvalue weighted by Crippen LogP contribution is 2.22. The number of ether oxygens (including phenoxy) is 2. The first-order chi connectivity index (χ1) is 8.28. The molecule has 5 heteroatoms. The molecule has 2 N–H and O–H groups in total. The van der Waals surface area contributed by atoms with Crippen molar-refractivity contribution in [2.75, 3.05) is 32.2 Å². The van der Waals surface area contributed by atoms with Crippen molar-refractivity contribution in [3.63, 3.8) is 0 Å². The van der Waals surface area contributed by atoms with Crippen LogP contribution in [-0.2, 0) is 16.0 Å². The number of anilines is 1. The van der Waals surface area contributed by atoms with Crippen LogP contribution < -0.4 is 10.6 Å². The average molecular weight is 237 g/mol. The molecule has 0 saturated carbocycles. The molecule has 1 fully saturated rings. The van der Waals surface area contributed by atoms with Crippen molar-refractivity contribution in [1.29, 1.82) is 0 Å². The van der Waals surface area contributed by atoms with E-state index < -0.39 is 0 Å². The molecule has 1 aliphatic rings. The molecule has 5 nitrogen and oxygen atoms in total. The van der Waals surface area contributed by atoms with E-state index in [0.717, 1.165) is 24.5 Å². The molecule has 0 amide bonds. The van der Waals surface area contributed by atoms with Crippen LogP contribution in [0.25, 0.3) is 0 Å². The van der Waals surface area contributed by atoms with Crippen molar-refractivity contribution in [2.24, 2.45) is 5.73 Å². The van der Waals surface area contributed by atoms with Crippen LogP contribution >= 0.6 is 0 Å². The molecule has 2 atom stereocenters. The largest absolute Gasteiger partial charge is 0.377 e. The Morgan fingerprint density at radius 3 is 2.53 bits per heavy atom. The molecule has 17 heavy (non-hydrogen) atoms. The van der Waals surface area contributed by atoms with Crippen molar-refractivity contribution >= 4 is 5.82 Å². The lowest BCUT2D eigenvalue weighted by Crippen LogP contribution is -2.27. The van der Waals surface area contributed by atoms with Crippen LogP contribution in [0, 0.1) is 0 Å². The number of nitrogens with zero attached hydrogens (tertiary/aromatic N) is 2. The molecule has 1 aromatic rings. The first-order valence-electron chi connectivity index (χ1n) is 5.74. The molecule has 0 aliphatic carbocycles. The number of methoxy groups -OCH3 is 2. The lowest BCUT2D eigenvalue weighted by atomic mass is 10.2. The minimum Gasteiger partial charge on any atom is -0.377 e. The third kappa shape index (κ3) is 2.57. The molecular formula is C12H19N3O2. The molecule has 2 rings (SSSR count). The first kappa shape index (κ1) is 12.3. The smallest absolute Gasteiger partial charge is 0.128 e. The van der Waals surface area contributed by atoms with Crippen LogP contribution in [0.4, 0.5) is 5.82 Å². The Morgan fingerprint density at radius 1 is 1.35 bits per heavy atom. The maximum absolute atomic E-state index is 5.63. The summed E-state index contributed by atoms with van der Waals surface area (Å²) in [6, 6.07) is 3.95. The monoisotopic (exact) mass is 237 g/mol. The summed E-state index contributed by atoms with van der Waals surface area (Å²) < 4.78 is 10.8. The summed E-state index contributed by atoms with van der Waals surface area (Å²) in [4.78, 5) is 6.53. The molecule has 94 valence electrons. The molecular weight excluding hydrogens is 218 g/mol. The third-order valence-electron chi connectivity index (χ3n) is 3.19. The molecule has 0 spiro atoms. The van der Waals surface area contributed by atoms with Crippen LogP contribution in [0.1, 0.15) is 5.56 Å². The lowest BCUT2D eigenvalue weighted by molar-refractivity contribution is -0.00461. The van der Waals surface area contributed by atoms with E-state index >= 15 is 0 Å². The Bertz CT molecular complexity index is 361. The topological polar surface area (TPSA) is 60.6 Å². The van der Waals surface area contributed by atoms with Crippen LogP contribution in [0.3, 0.4) is 0 Å². The molecule has 1 saturated heterocycles. The quantitative estimate of drug-likeness (QED) is 0.821. The normalized spacial score (nSPS) is 24.3. The van der Waals surface area contributed by atoms with Gasteiger partial charge in [-0.25, -0.2) is 4.98 Å². The van der Waals surface area contributed by atoms with E-state index in [9.17, 15) is 0 Å². The Balaban J connectivity index is 2.13. The van der Waals surface area contributed by atoms with Gasteiger partial charge in [0.1, 0.15) is 18.0 Å². The zero-order chi connectivity index (χ0) is 12.3.